The molecule has 0 unspecified atom stereocenters. The number of halogens is 1. The zero-order chi connectivity index (χ0) is 20.5. The van der Waals surface area contributed by atoms with Gasteiger partial charge in [0, 0.05) is 5.69 Å². The minimum absolute atomic E-state index is 0.206. The first kappa shape index (κ1) is 18.6. The third-order valence-corrected chi connectivity index (χ3v) is 4.87. The largest absolute Gasteiger partial charge is 0.350 e. The minimum atomic E-state index is -0.472. The SMILES string of the molecule is Cc1ccc(NC2=C(c3ccccc3)C(=O)N(c3ccc(F)cc3)C2=O)c(C)c1. The van der Waals surface area contributed by atoms with Crippen LogP contribution in [0.2, 0.25) is 0 Å². The molecule has 0 bridgehead atoms. The van der Waals surface area contributed by atoms with Gasteiger partial charge >= 0.3 is 0 Å². The van der Waals surface area contributed by atoms with Crippen molar-refractivity contribution < 1.29 is 14.0 Å². The van der Waals surface area contributed by atoms with E-state index in [0.29, 0.717) is 16.8 Å². The molecule has 0 saturated heterocycles. The standard InChI is InChI=1S/C24H19FN2O2/c1-15-8-13-20(16(2)14-15)26-22-21(17-6-4-3-5-7-17)23(28)27(24(22)29)19-11-9-18(25)10-12-19/h3-14,26H,1-2H3. The Morgan fingerprint density at radius 2 is 1.52 bits per heavy atom. The van der Waals surface area contributed by atoms with Crippen molar-refractivity contribution in [1.29, 1.82) is 0 Å². The van der Waals surface area contributed by atoms with E-state index in [1.807, 2.05) is 50.2 Å². The Hall–Kier alpha value is -3.73. The summed E-state index contributed by atoms with van der Waals surface area (Å²) in [7, 11) is 0. The fourth-order valence-corrected chi connectivity index (χ4v) is 3.43. The van der Waals surface area contributed by atoms with E-state index in [9.17, 15) is 14.0 Å². The Balaban J connectivity index is 1.82. The number of carbonyl (C=O) groups is 2. The van der Waals surface area contributed by atoms with Crippen LogP contribution in [-0.4, -0.2) is 11.8 Å². The molecule has 144 valence electrons. The summed E-state index contributed by atoms with van der Waals surface area (Å²) >= 11 is 0. The Morgan fingerprint density at radius 3 is 2.17 bits per heavy atom. The number of hydrogen-bond donors (Lipinski definition) is 1. The molecule has 5 heteroatoms. The van der Waals surface area contributed by atoms with Crippen molar-refractivity contribution in [3.63, 3.8) is 0 Å². The van der Waals surface area contributed by atoms with E-state index in [2.05, 4.69) is 5.32 Å². The number of imide groups is 1. The molecule has 1 aliphatic heterocycles. The van der Waals surface area contributed by atoms with Crippen molar-refractivity contribution in [3.8, 4) is 0 Å². The fourth-order valence-electron chi connectivity index (χ4n) is 3.43. The molecule has 0 aliphatic carbocycles. The Kier molecular flexibility index (Phi) is 4.72. The maximum atomic E-state index is 13.3. The average molecular weight is 386 g/mol. The van der Waals surface area contributed by atoms with E-state index in [-0.39, 0.29) is 5.70 Å². The van der Waals surface area contributed by atoms with Gasteiger partial charge in [-0.05, 0) is 55.3 Å². The summed E-state index contributed by atoms with van der Waals surface area (Å²) in [6.45, 7) is 3.93. The van der Waals surface area contributed by atoms with Gasteiger partial charge in [0.15, 0.2) is 0 Å². The van der Waals surface area contributed by atoms with Crippen LogP contribution in [0.4, 0.5) is 15.8 Å². The lowest BCUT2D eigenvalue weighted by molar-refractivity contribution is -0.120. The number of rotatable bonds is 4. The summed E-state index contributed by atoms with van der Waals surface area (Å²) in [4.78, 5) is 27.6. The van der Waals surface area contributed by atoms with Crippen LogP contribution in [0.3, 0.4) is 0 Å². The Labute approximate surface area is 168 Å². The van der Waals surface area contributed by atoms with Crippen LogP contribution in [0.25, 0.3) is 5.57 Å². The van der Waals surface area contributed by atoms with Crippen LogP contribution in [0.15, 0.2) is 78.5 Å². The maximum absolute atomic E-state index is 13.3. The number of nitrogens with zero attached hydrogens (tertiary/aromatic N) is 1. The maximum Gasteiger partial charge on any atom is 0.282 e. The molecule has 0 fully saturated rings. The monoisotopic (exact) mass is 386 g/mol. The lowest BCUT2D eigenvalue weighted by Crippen LogP contribution is -2.32. The van der Waals surface area contributed by atoms with E-state index in [1.54, 1.807) is 12.1 Å². The van der Waals surface area contributed by atoms with Gasteiger partial charge in [-0.25, -0.2) is 9.29 Å². The van der Waals surface area contributed by atoms with Crippen LogP contribution < -0.4 is 10.2 Å². The molecule has 0 radical (unpaired) electrons. The lowest BCUT2D eigenvalue weighted by atomic mass is 10.0. The number of amides is 2. The number of benzene rings is 3. The van der Waals surface area contributed by atoms with Gasteiger partial charge in [0.05, 0.1) is 11.3 Å². The third kappa shape index (κ3) is 3.43. The number of aryl methyl sites for hydroxylation is 2. The Bertz CT molecular complexity index is 1140. The molecule has 0 aromatic heterocycles. The topological polar surface area (TPSA) is 49.4 Å². The first-order valence-corrected chi connectivity index (χ1v) is 9.24. The molecule has 1 aliphatic rings. The third-order valence-electron chi connectivity index (χ3n) is 4.87. The van der Waals surface area contributed by atoms with E-state index in [0.717, 1.165) is 21.7 Å². The van der Waals surface area contributed by atoms with Crippen LogP contribution in [0.5, 0.6) is 0 Å². The molecule has 3 aromatic carbocycles. The van der Waals surface area contributed by atoms with E-state index < -0.39 is 17.6 Å². The predicted molar refractivity (Wildman–Crippen MR) is 112 cm³/mol. The highest BCUT2D eigenvalue weighted by Gasteiger charge is 2.40. The fraction of sp³-hybridized carbons (Fsp3) is 0.0833. The van der Waals surface area contributed by atoms with Crippen LogP contribution in [0, 0.1) is 19.7 Å². The van der Waals surface area contributed by atoms with Gasteiger partial charge in [0.2, 0.25) is 0 Å². The van der Waals surface area contributed by atoms with Crippen molar-refractivity contribution in [2.24, 2.45) is 0 Å². The van der Waals surface area contributed by atoms with Gasteiger partial charge in [0.1, 0.15) is 11.5 Å². The number of nitrogens with one attached hydrogen (secondary N) is 1. The molecule has 2 amide bonds. The van der Waals surface area contributed by atoms with Gasteiger partial charge in [-0.1, -0.05) is 48.0 Å². The average Bonchev–Trinajstić information content (AvgIpc) is 2.95. The van der Waals surface area contributed by atoms with Gasteiger partial charge in [-0.3, -0.25) is 9.59 Å². The summed E-state index contributed by atoms with van der Waals surface area (Å²) in [5, 5.41) is 3.17. The number of carbonyl (C=O) groups excluding carboxylic acids is 2. The van der Waals surface area contributed by atoms with Crippen molar-refractivity contribution in [2.75, 3.05) is 10.2 Å². The molecular formula is C24H19FN2O2. The van der Waals surface area contributed by atoms with E-state index in [1.165, 1.54) is 24.3 Å². The summed E-state index contributed by atoms with van der Waals surface area (Å²) in [5.41, 5.74) is 4.28. The second-order valence-corrected chi connectivity index (χ2v) is 6.98. The molecular weight excluding hydrogens is 367 g/mol. The van der Waals surface area contributed by atoms with Crippen LogP contribution in [-0.2, 0) is 9.59 Å². The van der Waals surface area contributed by atoms with Crippen molar-refractivity contribution in [2.45, 2.75) is 13.8 Å². The number of anilines is 2. The molecule has 1 N–H and O–H groups in total. The molecule has 0 spiro atoms. The highest BCUT2D eigenvalue weighted by atomic mass is 19.1. The molecule has 29 heavy (non-hydrogen) atoms. The highest BCUT2D eigenvalue weighted by Crippen LogP contribution is 2.34. The van der Waals surface area contributed by atoms with Gasteiger partial charge in [-0.2, -0.15) is 0 Å². The lowest BCUT2D eigenvalue weighted by Gasteiger charge is -2.16. The first-order valence-electron chi connectivity index (χ1n) is 9.24. The van der Waals surface area contributed by atoms with E-state index >= 15 is 0 Å². The molecule has 4 rings (SSSR count). The number of hydrogen-bond acceptors (Lipinski definition) is 3. The van der Waals surface area contributed by atoms with Gasteiger partial charge in [0.25, 0.3) is 11.8 Å². The summed E-state index contributed by atoms with van der Waals surface area (Å²) in [5.74, 6) is -1.35. The molecule has 1 heterocycles. The van der Waals surface area contributed by atoms with Gasteiger partial charge < -0.3 is 5.32 Å². The smallest absolute Gasteiger partial charge is 0.282 e. The second kappa shape index (κ2) is 7.36. The predicted octanol–water partition coefficient (Wildman–Crippen LogP) is 4.84. The van der Waals surface area contributed by atoms with Crippen molar-refractivity contribution in [1.82, 2.24) is 0 Å². The zero-order valence-corrected chi connectivity index (χ0v) is 16.1. The molecule has 3 aromatic rings. The summed E-state index contributed by atoms with van der Waals surface area (Å²) in [6, 6.07) is 20.2. The zero-order valence-electron chi connectivity index (χ0n) is 16.1. The first-order chi connectivity index (χ1) is 14.0. The van der Waals surface area contributed by atoms with Crippen LogP contribution >= 0.6 is 0 Å². The van der Waals surface area contributed by atoms with Crippen molar-refractivity contribution in [3.05, 3.63) is 101 Å². The van der Waals surface area contributed by atoms with Gasteiger partial charge in [-0.15, -0.1) is 0 Å². The van der Waals surface area contributed by atoms with E-state index in [4.69, 9.17) is 0 Å². The quantitative estimate of drug-likeness (QED) is 0.653. The molecule has 0 atom stereocenters. The van der Waals surface area contributed by atoms with Crippen LogP contribution in [0.1, 0.15) is 16.7 Å². The summed E-state index contributed by atoms with van der Waals surface area (Å²) < 4.78 is 13.3. The second-order valence-electron chi connectivity index (χ2n) is 6.98. The molecule has 4 nitrogen and oxygen atoms in total. The normalized spacial score (nSPS) is 14.0. The van der Waals surface area contributed by atoms with Crippen molar-refractivity contribution >= 4 is 28.8 Å². The summed E-state index contributed by atoms with van der Waals surface area (Å²) in [6.07, 6.45) is 0. The highest BCUT2D eigenvalue weighted by molar-refractivity contribution is 6.46. The molecule has 0 saturated carbocycles. The Morgan fingerprint density at radius 1 is 0.828 bits per heavy atom. The minimum Gasteiger partial charge on any atom is -0.350 e.